The van der Waals surface area contributed by atoms with E-state index in [1.54, 1.807) is 26.1 Å². The highest BCUT2D eigenvalue weighted by Crippen LogP contribution is 2.46. The van der Waals surface area contributed by atoms with Gasteiger partial charge in [-0.2, -0.15) is 15.1 Å². The summed E-state index contributed by atoms with van der Waals surface area (Å²) in [5.74, 6) is 2.11. The topological polar surface area (TPSA) is 136 Å². The van der Waals surface area contributed by atoms with Gasteiger partial charge in [0.1, 0.15) is 18.2 Å². The van der Waals surface area contributed by atoms with Gasteiger partial charge in [-0.15, -0.1) is 4.68 Å². The summed E-state index contributed by atoms with van der Waals surface area (Å²) >= 11 is 0. The second-order valence-corrected chi connectivity index (χ2v) is 8.41. The number of piperidine rings is 1. The predicted octanol–water partition coefficient (Wildman–Crippen LogP) is 1.48. The average molecular weight is 467 g/mol. The van der Waals surface area contributed by atoms with Crippen molar-refractivity contribution in [2.45, 2.75) is 19.9 Å². The molecule has 3 aromatic rings. The van der Waals surface area contributed by atoms with Crippen molar-refractivity contribution in [2.24, 2.45) is 11.8 Å². The van der Waals surface area contributed by atoms with Gasteiger partial charge in [0.15, 0.2) is 5.65 Å². The lowest BCUT2D eigenvalue weighted by molar-refractivity contribution is -0.125. The third-order valence-electron chi connectivity index (χ3n) is 6.06. The number of fused-ring (bicyclic) bond motifs is 2. The second-order valence-electron chi connectivity index (χ2n) is 8.41. The van der Waals surface area contributed by atoms with Crippen LogP contribution >= 0.6 is 0 Å². The van der Waals surface area contributed by atoms with Gasteiger partial charge in [0.05, 0.1) is 17.7 Å². The number of amides is 1. The van der Waals surface area contributed by atoms with E-state index in [1.807, 2.05) is 12.1 Å². The van der Waals surface area contributed by atoms with Crippen molar-refractivity contribution in [3.63, 3.8) is 0 Å². The Bertz CT molecular complexity index is 1230. The minimum Gasteiger partial charge on any atom is -0.448 e. The number of anilines is 3. The van der Waals surface area contributed by atoms with E-state index >= 15 is 0 Å². The van der Waals surface area contributed by atoms with Crippen LogP contribution in [-0.2, 0) is 14.3 Å². The number of nitrogens with one attached hydrogen (secondary N) is 2. The lowest BCUT2D eigenvalue weighted by atomic mass is 10.3. The van der Waals surface area contributed by atoms with Gasteiger partial charge in [0.25, 0.3) is 0 Å². The predicted molar refractivity (Wildman–Crippen MR) is 123 cm³/mol. The summed E-state index contributed by atoms with van der Waals surface area (Å²) < 4.78 is 11.2. The molecule has 5 rings (SSSR count). The van der Waals surface area contributed by atoms with Gasteiger partial charge in [0.2, 0.25) is 11.9 Å². The number of nitrogens with zero attached hydrogens (tertiary/aromatic N) is 6. The van der Waals surface area contributed by atoms with Gasteiger partial charge in [0, 0.05) is 50.3 Å². The number of rotatable bonds is 7. The molecule has 4 heterocycles. The fourth-order valence-electron chi connectivity index (χ4n) is 4.48. The summed E-state index contributed by atoms with van der Waals surface area (Å²) in [5, 5.41) is 11.2. The summed E-state index contributed by atoms with van der Waals surface area (Å²) in [6, 6.07) is 5.59. The first-order valence-corrected chi connectivity index (χ1v) is 11.1. The molecular weight excluding hydrogens is 440 g/mol. The summed E-state index contributed by atoms with van der Waals surface area (Å²) in [5.41, 5.74) is 1.20. The van der Waals surface area contributed by atoms with Crippen molar-refractivity contribution in [1.82, 2.24) is 30.0 Å². The Labute approximate surface area is 195 Å². The Hall–Kier alpha value is -3.80. The maximum absolute atomic E-state index is 12.3. The fourth-order valence-corrected chi connectivity index (χ4v) is 4.48. The number of pyridine rings is 1. The maximum Gasteiger partial charge on any atom is 0.436 e. The highest BCUT2D eigenvalue weighted by atomic mass is 16.6. The van der Waals surface area contributed by atoms with Gasteiger partial charge in [-0.25, -0.2) is 9.78 Å². The number of carbonyl (C=O) groups excluding carboxylic acids is 2. The first kappa shape index (κ1) is 22.0. The zero-order valence-corrected chi connectivity index (χ0v) is 19.2. The van der Waals surface area contributed by atoms with E-state index in [-0.39, 0.29) is 25.2 Å². The lowest BCUT2D eigenvalue weighted by Gasteiger charge is -2.21. The molecule has 178 valence electrons. The molecule has 0 bridgehead atoms. The number of hydrogen-bond acceptors (Lipinski definition) is 10. The van der Waals surface area contributed by atoms with E-state index in [0.29, 0.717) is 40.8 Å². The van der Waals surface area contributed by atoms with Crippen LogP contribution in [0.5, 0.6) is 0 Å². The van der Waals surface area contributed by atoms with Crippen LogP contribution in [-0.4, -0.2) is 76.2 Å². The molecule has 12 heteroatoms. The fraction of sp³-hybridized carbons (Fsp3) is 0.455. The molecule has 2 fully saturated rings. The zero-order chi connectivity index (χ0) is 23.8. The molecule has 0 aromatic carbocycles. The van der Waals surface area contributed by atoms with E-state index in [2.05, 4.69) is 30.6 Å². The molecule has 1 aliphatic heterocycles. The smallest absolute Gasteiger partial charge is 0.436 e. The second kappa shape index (κ2) is 8.86. The van der Waals surface area contributed by atoms with Crippen LogP contribution in [0, 0.1) is 18.8 Å². The Morgan fingerprint density at radius 2 is 2.03 bits per heavy atom. The number of ether oxygens (including phenoxy) is 2. The Morgan fingerprint density at radius 1 is 1.24 bits per heavy atom. The molecule has 12 nitrogen and oxygen atoms in total. The van der Waals surface area contributed by atoms with Crippen molar-refractivity contribution in [3.05, 3.63) is 30.1 Å². The van der Waals surface area contributed by atoms with Gasteiger partial charge in [-0.1, -0.05) is 0 Å². The third-order valence-corrected chi connectivity index (χ3v) is 6.06. The van der Waals surface area contributed by atoms with Gasteiger partial charge < -0.3 is 25.0 Å². The number of aromatic nitrogens is 5. The molecule has 1 aliphatic carbocycles. The number of aryl methyl sites for hydroxylation is 1. The summed E-state index contributed by atoms with van der Waals surface area (Å²) in [4.78, 5) is 40.1. The summed E-state index contributed by atoms with van der Waals surface area (Å²) in [6.45, 7) is 5.32. The molecule has 2 N–H and O–H groups in total. The number of carbonyl (C=O) groups is 2. The van der Waals surface area contributed by atoms with Crippen molar-refractivity contribution in [1.29, 1.82) is 0 Å². The molecule has 0 radical (unpaired) electrons. The standard InChI is InChI=1S/C22H26N8O4/c1-4-34-22(32)30-16(8-12(2)28-30)24-20-13-6-5-7-23-19(13)26-21(27-20)29-9-14-15(10-29)18(14)25-17(31)11-33-3/h5-8,14-15,18H,4,9-11H2,1-3H3,(H,25,31)(H,23,24,26,27)/t14-,15+,18?. The molecule has 1 amide bonds. The molecular formula is C22H26N8O4. The highest BCUT2D eigenvalue weighted by Gasteiger charge is 2.57. The van der Waals surface area contributed by atoms with Gasteiger partial charge in [-0.3, -0.25) is 4.79 Å². The molecule has 1 saturated carbocycles. The molecule has 1 saturated heterocycles. The molecule has 0 spiro atoms. The van der Waals surface area contributed by atoms with Crippen LogP contribution in [0.1, 0.15) is 12.6 Å². The van der Waals surface area contributed by atoms with Crippen LogP contribution in [0.3, 0.4) is 0 Å². The van der Waals surface area contributed by atoms with Gasteiger partial charge >= 0.3 is 6.09 Å². The first-order valence-electron chi connectivity index (χ1n) is 11.1. The van der Waals surface area contributed by atoms with Gasteiger partial charge in [-0.05, 0) is 26.0 Å². The van der Waals surface area contributed by atoms with E-state index in [1.165, 1.54) is 11.8 Å². The van der Waals surface area contributed by atoms with Crippen LogP contribution < -0.4 is 15.5 Å². The molecule has 2 aliphatic rings. The van der Waals surface area contributed by atoms with Crippen molar-refractivity contribution < 1.29 is 19.1 Å². The minimum absolute atomic E-state index is 0.0655. The monoisotopic (exact) mass is 466 g/mol. The van der Waals surface area contributed by atoms with Crippen LogP contribution in [0.2, 0.25) is 0 Å². The number of methoxy groups -OCH3 is 1. The minimum atomic E-state index is -0.573. The molecule has 3 aromatic heterocycles. The lowest BCUT2D eigenvalue weighted by Crippen LogP contribution is -2.36. The van der Waals surface area contributed by atoms with E-state index < -0.39 is 6.09 Å². The van der Waals surface area contributed by atoms with Crippen molar-refractivity contribution in [2.75, 3.05) is 43.6 Å². The molecule has 3 atom stereocenters. The first-order chi connectivity index (χ1) is 16.5. The van der Waals surface area contributed by atoms with E-state index in [4.69, 9.17) is 14.5 Å². The number of hydrogen-bond donors (Lipinski definition) is 2. The quantitative estimate of drug-likeness (QED) is 0.527. The Balaban J connectivity index is 1.39. The highest BCUT2D eigenvalue weighted by molar-refractivity contribution is 5.90. The average Bonchev–Trinajstić information content (AvgIpc) is 3.14. The summed E-state index contributed by atoms with van der Waals surface area (Å²) in [7, 11) is 1.51. The van der Waals surface area contributed by atoms with Crippen molar-refractivity contribution >= 4 is 40.6 Å². The Morgan fingerprint density at radius 3 is 2.76 bits per heavy atom. The van der Waals surface area contributed by atoms with Crippen LogP contribution in [0.25, 0.3) is 11.0 Å². The third kappa shape index (κ3) is 4.12. The largest absolute Gasteiger partial charge is 0.448 e. The van der Waals surface area contributed by atoms with Crippen molar-refractivity contribution in [3.8, 4) is 0 Å². The maximum atomic E-state index is 12.3. The Kier molecular flexibility index (Phi) is 5.74. The summed E-state index contributed by atoms with van der Waals surface area (Å²) in [6.07, 6.45) is 1.11. The normalized spacial score (nSPS) is 20.8. The van der Waals surface area contributed by atoms with Crippen LogP contribution in [0.4, 0.5) is 22.4 Å². The van der Waals surface area contributed by atoms with E-state index in [0.717, 1.165) is 18.5 Å². The molecule has 34 heavy (non-hydrogen) atoms. The van der Waals surface area contributed by atoms with E-state index in [9.17, 15) is 9.59 Å². The SMILES string of the molecule is CCOC(=O)n1nc(C)cc1Nc1nc(N2C[C@@H]3C(NC(=O)COC)[C@@H]3C2)nc2ncccc12. The van der Waals surface area contributed by atoms with Crippen LogP contribution in [0.15, 0.2) is 24.4 Å². The zero-order valence-electron chi connectivity index (χ0n) is 19.2. The molecule has 1 unspecified atom stereocenters.